The lowest BCUT2D eigenvalue weighted by Crippen LogP contribution is -2.03. The largest absolute Gasteiger partial charge is 0.378 e. The molecule has 0 bridgehead atoms. The third kappa shape index (κ3) is 2.75. The summed E-state index contributed by atoms with van der Waals surface area (Å²) in [5.41, 5.74) is 0.740. The molecule has 0 aliphatic heterocycles. The molecular weight excluding hydrogens is 229 g/mol. The van der Waals surface area contributed by atoms with Crippen LogP contribution in [0.4, 0.5) is 18.9 Å². The number of nitrogens with zero attached hydrogens (tertiary/aromatic N) is 1. The van der Waals surface area contributed by atoms with Crippen LogP contribution in [0.15, 0.2) is 36.7 Å². The van der Waals surface area contributed by atoms with Crippen LogP contribution in [0.3, 0.4) is 0 Å². The van der Waals surface area contributed by atoms with Gasteiger partial charge < -0.3 is 5.32 Å². The molecule has 0 fully saturated rings. The predicted molar refractivity (Wildman–Crippen MR) is 57.9 cm³/mol. The molecule has 1 N–H and O–H groups in total. The van der Waals surface area contributed by atoms with Gasteiger partial charge in [0.2, 0.25) is 0 Å². The minimum atomic E-state index is -1.20. The highest BCUT2D eigenvalue weighted by molar-refractivity contribution is 5.45. The molecule has 0 saturated carbocycles. The molecule has 0 unspecified atom stereocenters. The Morgan fingerprint density at radius 3 is 2.53 bits per heavy atom. The Balaban J connectivity index is 2.12. The van der Waals surface area contributed by atoms with Gasteiger partial charge in [0.1, 0.15) is 5.82 Å². The van der Waals surface area contributed by atoms with E-state index in [1.54, 1.807) is 24.5 Å². The number of hydrogen-bond donors (Lipinski definition) is 1. The summed E-state index contributed by atoms with van der Waals surface area (Å²) in [5, 5.41) is 2.68. The molecule has 0 atom stereocenters. The van der Waals surface area contributed by atoms with Crippen LogP contribution < -0.4 is 5.32 Å². The van der Waals surface area contributed by atoms with Crippen molar-refractivity contribution in [3.8, 4) is 0 Å². The molecule has 0 amide bonds. The average molecular weight is 238 g/mol. The molecule has 88 valence electrons. The number of benzene rings is 1. The van der Waals surface area contributed by atoms with Gasteiger partial charge in [0.15, 0.2) is 11.6 Å². The summed E-state index contributed by atoms with van der Waals surface area (Å²) in [6, 6.07) is 4.83. The van der Waals surface area contributed by atoms with Gasteiger partial charge >= 0.3 is 0 Å². The Morgan fingerprint density at radius 1 is 1.06 bits per heavy atom. The lowest BCUT2D eigenvalue weighted by atomic mass is 10.2. The van der Waals surface area contributed by atoms with Crippen LogP contribution in [-0.4, -0.2) is 4.98 Å². The zero-order valence-electron chi connectivity index (χ0n) is 8.75. The molecule has 17 heavy (non-hydrogen) atoms. The Labute approximate surface area is 96.1 Å². The van der Waals surface area contributed by atoms with E-state index in [1.807, 2.05) is 0 Å². The molecule has 0 radical (unpaired) electrons. The lowest BCUT2D eigenvalue weighted by Gasteiger charge is -2.07. The normalized spacial score (nSPS) is 10.3. The second kappa shape index (κ2) is 4.86. The summed E-state index contributed by atoms with van der Waals surface area (Å²) < 4.78 is 38.8. The smallest absolute Gasteiger partial charge is 0.161 e. The van der Waals surface area contributed by atoms with E-state index in [2.05, 4.69) is 10.3 Å². The van der Waals surface area contributed by atoms with Gasteiger partial charge in [-0.05, 0) is 11.6 Å². The first-order chi connectivity index (χ1) is 8.16. The molecule has 1 heterocycles. The van der Waals surface area contributed by atoms with Gasteiger partial charge in [-0.25, -0.2) is 13.2 Å². The first-order valence-corrected chi connectivity index (χ1v) is 4.94. The van der Waals surface area contributed by atoms with E-state index in [0.29, 0.717) is 6.07 Å². The summed E-state index contributed by atoms with van der Waals surface area (Å²) in [4.78, 5) is 3.88. The van der Waals surface area contributed by atoms with E-state index in [4.69, 9.17) is 0 Å². The van der Waals surface area contributed by atoms with Gasteiger partial charge in [0.25, 0.3) is 0 Å². The summed E-state index contributed by atoms with van der Waals surface area (Å²) in [7, 11) is 0. The van der Waals surface area contributed by atoms with Crippen LogP contribution in [-0.2, 0) is 6.54 Å². The fourth-order valence-electron chi connectivity index (χ4n) is 1.36. The van der Waals surface area contributed by atoms with Crippen LogP contribution in [0.1, 0.15) is 5.56 Å². The van der Waals surface area contributed by atoms with Gasteiger partial charge in [-0.1, -0.05) is 6.07 Å². The van der Waals surface area contributed by atoms with Crippen molar-refractivity contribution in [3.63, 3.8) is 0 Å². The molecule has 0 saturated heterocycles. The van der Waals surface area contributed by atoms with Crippen molar-refractivity contribution in [2.24, 2.45) is 0 Å². The topological polar surface area (TPSA) is 24.9 Å². The molecule has 0 aliphatic rings. The first-order valence-electron chi connectivity index (χ1n) is 4.94. The number of anilines is 1. The van der Waals surface area contributed by atoms with Crippen LogP contribution in [0.2, 0.25) is 0 Å². The first kappa shape index (κ1) is 11.4. The van der Waals surface area contributed by atoms with E-state index in [9.17, 15) is 13.2 Å². The number of aromatic nitrogens is 1. The molecule has 2 aromatic rings. The van der Waals surface area contributed by atoms with Crippen molar-refractivity contribution >= 4 is 5.69 Å². The minimum Gasteiger partial charge on any atom is -0.378 e. The van der Waals surface area contributed by atoms with E-state index >= 15 is 0 Å². The SMILES string of the molecule is Fc1cc(F)c(NCc2cccnc2)cc1F. The highest BCUT2D eigenvalue weighted by atomic mass is 19.2. The van der Waals surface area contributed by atoms with Crippen LogP contribution in [0.5, 0.6) is 0 Å². The van der Waals surface area contributed by atoms with E-state index in [-0.39, 0.29) is 12.2 Å². The van der Waals surface area contributed by atoms with Crippen LogP contribution >= 0.6 is 0 Å². The summed E-state index contributed by atoms with van der Waals surface area (Å²) in [6.45, 7) is 0.288. The highest BCUT2D eigenvalue weighted by Gasteiger charge is 2.09. The lowest BCUT2D eigenvalue weighted by molar-refractivity contribution is 0.496. The number of halogens is 3. The molecule has 2 rings (SSSR count). The van der Waals surface area contributed by atoms with Gasteiger partial charge in [0, 0.05) is 31.1 Å². The van der Waals surface area contributed by atoms with Crippen molar-refractivity contribution in [1.82, 2.24) is 4.98 Å². The summed E-state index contributed by atoms with van der Waals surface area (Å²) in [5.74, 6) is -3.11. The van der Waals surface area contributed by atoms with Gasteiger partial charge in [-0.3, -0.25) is 4.98 Å². The molecule has 2 nitrogen and oxygen atoms in total. The fraction of sp³-hybridized carbons (Fsp3) is 0.0833. The maximum atomic E-state index is 13.2. The number of pyridine rings is 1. The molecule has 0 aliphatic carbocycles. The Morgan fingerprint density at radius 2 is 1.82 bits per heavy atom. The van der Waals surface area contributed by atoms with Gasteiger partial charge in [-0.2, -0.15) is 0 Å². The summed E-state index contributed by atoms with van der Waals surface area (Å²) in [6.07, 6.45) is 3.21. The highest BCUT2D eigenvalue weighted by Crippen LogP contribution is 2.18. The molecule has 1 aromatic heterocycles. The third-order valence-corrected chi connectivity index (χ3v) is 2.22. The van der Waals surface area contributed by atoms with E-state index < -0.39 is 17.5 Å². The van der Waals surface area contributed by atoms with Crippen molar-refractivity contribution in [1.29, 1.82) is 0 Å². The monoisotopic (exact) mass is 238 g/mol. The molecule has 1 aromatic carbocycles. The quantitative estimate of drug-likeness (QED) is 0.831. The zero-order chi connectivity index (χ0) is 12.3. The standard InChI is InChI=1S/C12H9F3N2/c13-9-4-11(15)12(5-10(9)14)17-7-8-2-1-3-16-6-8/h1-6,17H,7H2. The second-order valence-electron chi connectivity index (χ2n) is 3.46. The molecular formula is C12H9F3N2. The summed E-state index contributed by atoms with van der Waals surface area (Å²) >= 11 is 0. The van der Waals surface area contributed by atoms with Crippen molar-refractivity contribution in [2.45, 2.75) is 6.54 Å². The van der Waals surface area contributed by atoms with Crippen molar-refractivity contribution in [2.75, 3.05) is 5.32 Å². The maximum Gasteiger partial charge on any atom is 0.161 e. The van der Waals surface area contributed by atoms with Crippen LogP contribution in [0.25, 0.3) is 0 Å². The second-order valence-corrected chi connectivity index (χ2v) is 3.46. The minimum absolute atomic E-state index is 0.0762. The average Bonchev–Trinajstić information content (AvgIpc) is 2.33. The third-order valence-electron chi connectivity index (χ3n) is 2.22. The van der Waals surface area contributed by atoms with Crippen molar-refractivity contribution in [3.05, 3.63) is 59.7 Å². The van der Waals surface area contributed by atoms with Crippen molar-refractivity contribution < 1.29 is 13.2 Å². The predicted octanol–water partition coefficient (Wildman–Crippen LogP) is 3.11. The van der Waals surface area contributed by atoms with Crippen LogP contribution in [0, 0.1) is 17.5 Å². The maximum absolute atomic E-state index is 13.2. The van der Waals surface area contributed by atoms with Gasteiger partial charge in [-0.15, -0.1) is 0 Å². The molecule has 5 heteroatoms. The van der Waals surface area contributed by atoms with E-state index in [1.165, 1.54) is 0 Å². The van der Waals surface area contributed by atoms with E-state index in [0.717, 1.165) is 11.6 Å². The number of nitrogens with one attached hydrogen (secondary N) is 1. The fourth-order valence-corrected chi connectivity index (χ4v) is 1.36. The Kier molecular flexibility index (Phi) is 3.27. The number of hydrogen-bond acceptors (Lipinski definition) is 2. The zero-order valence-corrected chi connectivity index (χ0v) is 8.75. The van der Waals surface area contributed by atoms with Gasteiger partial charge in [0.05, 0.1) is 5.69 Å². The molecule has 0 spiro atoms. The number of rotatable bonds is 3. The Hall–Kier alpha value is -2.04. The Bertz CT molecular complexity index is 515.